The molecular formula is C25H16ClN3O2. The molecule has 0 aliphatic rings. The Bertz CT molecular complexity index is 1510. The second-order valence-corrected chi connectivity index (χ2v) is 7.33. The third-order valence-corrected chi connectivity index (χ3v) is 5.04. The van der Waals surface area contributed by atoms with Crippen molar-refractivity contribution >= 4 is 45.8 Å². The summed E-state index contributed by atoms with van der Waals surface area (Å²) >= 11 is 6.10. The molecule has 0 saturated carbocycles. The zero-order chi connectivity index (χ0) is 21.2. The predicted octanol–water partition coefficient (Wildman–Crippen LogP) is 6.01. The summed E-state index contributed by atoms with van der Waals surface area (Å²) in [6, 6.07) is 24.2. The summed E-state index contributed by atoms with van der Waals surface area (Å²) in [5.74, 6) is 0.754. The third-order valence-electron chi connectivity index (χ3n) is 4.81. The van der Waals surface area contributed by atoms with Crippen molar-refractivity contribution in [2.45, 2.75) is 0 Å². The first-order chi connectivity index (χ1) is 15.2. The van der Waals surface area contributed by atoms with Gasteiger partial charge in [-0.2, -0.15) is 9.78 Å². The molecule has 5 rings (SSSR count). The zero-order valence-electron chi connectivity index (χ0n) is 16.3. The fourth-order valence-electron chi connectivity index (χ4n) is 3.34. The monoisotopic (exact) mass is 425 g/mol. The highest BCUT2D eigenvalue weighted by molar-refractivity contribution is 6.31. The van der Waals surface area contributed by atoms with E-state index in [9.17, 15) is 4.79 Å². The molecule has 0 saturated heterocycles. The highest BCUT2D eigenvalue weighted by Gasteiger charge is 2.16. The summed E-state index contributed by atoms with van der Waals surface area (Å²) < 4.78 is 7.22. The Labute approximate surface area is 182 Å². The van der Waals surface area contributed by atoms with Gasteiger partial charge in [-0.25, -0.2) is 4.98 Å². The van der Waals surface area contributed by atoms with E-state index in [0.717, 1.165) is 10.9 Å². The van der Waals surface area contributed by atoms with Crippen LogP contribution in [0.15, 0.2) is 99.3 Å². The van der Waals surface area contributed by atoms with Gasteiger partial charge in [-0.3, -0.25) is 4.79 Å². The molecule has 6 heteroatoms. The van der Waals surface area contributed by atoms with Gasteiger partial charge in [0.15, 0.2) is 5.76 Å². The maximum absolute atomic E-state index is 13.2. The molecule has 2 aromatic heterocycles. The van der Waals surface area contributed by atoms with Gasteiger partial charge in [0.2, 0.25) is 5.82 Å². The minimum atomic E-state index is -0.275. The standard InChI is InChI=1S/C25H16ClN3O2/c26-19-12-13-22-18(15-19)16-23(31-22)24-28-21-11-5-4-10-20(21)25(30)29(24)27-14-6-9-17-7-2-1-3-8-17/h1-16H/b9-6+,27-14?. The maximum atomic E-state index is 13.2. The van der Waals surface area contributed by atoms with Crippen LogP contribution in [-0.4, -0.2) is 15.9 Å². The van der Waals surface area contributed by atoms with Crippen LogP contribution >= 0.6 is 11.6 Å². The van der Waals surface area contributed by atoms with Gasteiger partial charge in [-0.15, -0.1) is 0 Å². The number of hydrogen-bond donors (Lipinski definition) is 0. The summed E-state index contributed by atoms with van der Waals surface area (Å²) in [6.45, 7) is 0. The molecule has 150 valence electrons. The van der Waals surface area contributed by atoms with E-state index in [1.807, 2.05) is 48.5 Å². The third kappa shape index (κ3) is 3.79. The van der Waals surface area contributed by atoms with E-state index in [4.69, 9.17) is 16.0 Å². The van der Waals surface area contributed by atoms with Crippen molar-refractivity contribution < 1.29 is 4.42 Å². The van der Waals surface area contributed by atoms with Crippen LogP contribution in [0.25, 0.3) is 39.5 Å². The number of fused-ring (bicyclic) bond motifs is 2. The van der Waals surface area contributed by atoms with E-state index in [1.54, 1.807) is 48.7 Å². The van der Waals surface area contributed by atoms with Crippen LogP contribution in [0.3, 0.4) is 0 Å². The van der Waals surface area contributed by atoms with Crippen molar-refractivity contribution in [3.05, 3.63) is 106 Å². The summed E-state index contributed by atoms with van der Waals surface area (Å²) in [7, 11) is 0. The second-order valence-electron chi connectivity index (χ2n) is 6.90. The number of aromatic nitrogens is 2. The van der Waals surface area contributed by atoms with Crippen molar-refractivity contribution in [2.75, 3.05) is 0 Å². The van der Waals surface area contributed by atoms with Gasteiger partial charge in [-0.1, -0.05) is 60.1 Å². The Morgan fingerprint density at radius 3 is 2.65 bits per heavy atom. The Kier molecular flexibility index (Phi) is 4.94. The van der Waals surface area contributed by atoms with Crippen molar-refractivity contribution in [2.24, 2.45) is 5.10 Å². The molecule has 0 aliphatic heterocycles. The van der Waals surface area contributed by atoms with Crippen molar-refractivity contribution in [3.8, 4) is 11.6 Å². The number of allylic oxidation sites excluding steroid dienone is 1. The predicted molar refractivity (Wildman–Crippen MR) is 126 cm³/mol. The smallest absolute Gasteiger partial charge is 0.282 e. The second kappa shape index (κ2) is 8.05. The number of rotatable bonds is 4. The number of para-hydroxylation sites is 1. The molecular weight excluding hydrogens is 410 g/mol. The Morgan fingerprint density at radius 2 is 1.77 bits per heavy atom. The van der Waals surface area contributed by atoms with Gasteiger partial charge < -0.3 is 4.42 Å². The number of halogens is 1. The van der Waals surface area contributed by atoms with Crippen LogP contribution in [0.5, 0.6) is 0 Å². The molecule has 0 radical (unpaired) electrons. The first-order valence-electron chi connectivity index (χ1n) is 9.66. The minimum Gasteiger partial charge on any atom is -0.453 e. The quantitative estimate of drug-likeness (QED) is 0.331. The van der Waals surface area contributed by atoms with Crippen LogP contribution in [-0.2, 0) is 0 Å². The van der Waals surface area contributed by atoms with E-state index in [0.29, 0.717) is 33.1 Å². The Hall–Kier alpha value is -3.96. The van der Waals surface area contributed by atoms with Crippen LogP contribution in [0.2, 0.25) is 5.02 Å². The highest BCUT2D eigenvalue weighted by Crippen LogP contribution is 2.29. The Balaban J connectivity index is 1.64. The van der Waals surface area contributed by atoms with Gasteiger partial charge in [0, 0.05) is 16.6 Å². The van der Waals surface area contributed by atoms with Gasteiger partial charge >= 0.3 is 0 Å². The van der Waals surface area contributed by atoms with Gasteiger partial charge in [0.1, 0.15) is 5.58 Å². The molecule has 0 aliphatic carbocycles. The number of furan rings is 1. The lowest BCUT2D eigenvalue weighted by atomic mass is 10.2. The molecule has 0 unspecified atom stereocenters. The largest absolute Gasteiger partial charge is 0.453 e. The average Bonchev–Trinajstić information content (AvgIpc) is 3.21. The first-order valence-corrected chi connectivity index (χ1v) is 10.0. The molecule has 0 bridgehead atoms. The van der Waals surface area contributed by atoms with Crippen molar-refractivity contribution in [1.29, 1.82) is 0 Å². The molecule has 0 fully saturated rings. The lowest BCUT2D eigenvalue weighted by Gasteiger charge is -2.06. The van der Waals surface area contributed by atoms with E-state index < -0.39 is 0 Å². The van der Waals surface area contributed by atoms with Gasteiger partial charge in [0.25, 0.3) is 5.56 Å². The fourth-order valence-corrected chi connectivity index (χ4v) is 3.52. The molecule has 0 atom stereocenters. The first kappa shape index (κ1) is 19.0. The van der Waals surface area contributed by atoms with Crippen molar-refractivity contribution in [3.63, 3.8) is 0 Å². The molecule has 5 aromatic rings. The molecule has 3 aromatic carbocycles. The summed E-state index contributed by atoms with van der Waals surface area (Å²) in [4.78, 5) is 17.8. The molecule has 0 amide bonds. The summed E-state index contributed by atoms with van der Waals surface area (Å²) in [6.07, 6.45) is 5.25. The normalized spacial score (nSPS) is 11.9. The van der Waals surface area contributed by atoms with Crippen molar-refractivity contribution in [1.82, 2.24) is 9.66 Å². The van der Waals surface area contributed by atoms with Crippen LogP contribution < -0.4 is 5.56 Å². The van der Waals surface area contributed by atoms with Gasteiger partial charge in [-0.05, 0) is 48.0 Å². The molecule has 0 spiro atoms. The SMILES string of the molecule is O=c1c2ccccc2nc(-c2cc3cc(Cl)ccc3o2)n1N=C/C=C/c1ccccc1. The zero-order valence-corrected chi connectivity index (χ0v) is 17.0. The van der Waals surface area contributed by atoms with Crippen LogP contribution in [0.4, 0.5) is 0 Å². The van der Waals surface area contributed by atoms with E-state index in [-0.39, 0.29) is 5.56 Å². The summed E-state index contributed by atoms with van der Waals surface area (Å²) in [5, 5.41) is 6.29. The lowest BCUT2D eigenvalue weighted by molar-refractivity contribution is 0.616. The molecule has 2 heterocycles. The molecule has 31 heavy (non-hydrogen) atoms. The lowest BCUT2D eigenvalue weighted by Crippen LogP contribution is -2.20. The topological polar surface area (TPSA) is 60.4 Å². The van der Waals surface area contributed by atoms with E-state index >= 15 is 0 Å². The van der Waals surface area contributed by atoms with Crippen LogP contribution in [0.1, 0.15) is 5.56 Å². The number of nitrogens with zero attached hydrogens (tertiary/aromatic N) is 3. The molecule has 5 nitrogen and oxygen atoms in total. The van der Waals surface area contributed by atoms with Gasteiger partial charge in [0.05, 0.1) is 10.9 Å². The fraction of sp³-hybridized carbons (Fsp3) is 0. The molecule has 0 N–H and O–H groups in total. The maximum Gasteiger partial charge on any atom is 0.282 e. The van der Waals surface area contributed by atoms with E-state index in [1.165, 1.54) is 4.68 Å². The number of hydrogen-bond acceptors (Lipinski definition) is 4. The number of benzene rings is 3. The summed E-state index contributed by atoms with van der Waals surface area (Å²) in [5.41, 5.74) is 1.99. The highest BCUT2D eigenvalue weighted by atomic mass is 35.5. The van der Waals surface area contributed by atoms with Crippen LogP contribution in [0, 0.1) is 0 Å². The Morgan fingerprint density at radius 1 is 0.968 bits per heavy atom. The van der Waals surface area contributed by atoms with E-state index in [2.05, 4.69) is 10.1 Å². The average molecular weight is 426 g/mol. The minimum absolute atomic E-state index is 0.275.